The Morgan fingerprint density at radius 1 is 1.57 bits per heavy atom. The first kappa shape index (κ1) is 16.9. The fourth-order valence-corrected chi connectivity index (χ4v) is 4.14. The zero-order valence-electron chi connectivity index (χ0n) is 14.0. The molecule has 1 aromatic rings. The van der Waals surface area contributed by atoms with E-state index in [1.165, 1.54) is 5.56 Å². The van der Waals surface area contributed by atoms with Crippen molar-refractivity contribution < 1.29 is 14.3 Å². The third kappa shape index (κ3) is 4.32. The predicted molar refractivity (Wildman–Crippen MR) is 90.6 cm³/mol. The normalized spacial score (nSPS) is 28.3. The number of ether oxygens (including phenoxy) is 2. The molecule has 1 spiro atoms. The van der Waals surface area contributed by atoms with Gasteiger partial charge in [-0.3, -0.25) is 9.69 Å². The molecule has 1 amide bonds. The van der Waals surface area contributed by atoms with E-state index >= 15 is 0 Å². The van der Waals surface area contributed by atoms with Crippen LogP contribution in [-0.2, 0) is 20.8 Å². The van der Waals surface area contributed by atoms with Gasteiger partial charge in [0.2, 0.25) is 5.91 Å². The average molecular weight is 338 g/mol. The first-order valence-electron chi connectivity index (χ1n) is 8.25. The first-order chi connectivity index (χ1) is 11.1. The third-order valence-electron chi connectivity index (χ3n) is 4.72. The molecule has 0 unspecified atom stereocenters. The summed E-state index contributed by atoms with van der Waals surface area (Å²) in [5, 5.41) is 4.35. The van der Waals surface area contributed by atoms with Crippen LogP contribution in [0.3, 0.4) is 0 Å². The third-order valence-corrected chi connectivity index (χ3v) is 5.45. The van der Waals surface area contributed by atoms with Crippen molar-refractivity contribution in [2.75, 3.05) is 40.4 Å². The van der Waals surface area contributed by atoms with Crippen LogP contribution in [-0.4, -0.2) is 67.8 Å². The van der Waals surface area contributed by atoms with Gasteiger partial charge in [-0.1, -0.05) is 0 Å². The zero-order chi connectivity index (χ0) is 16.3. The predicted octanol–water partition coefficient (Wildman–Crippen LogP) is 1.98. The lowest BCUT2D eigenvalue weighted by Crippen LogP contribution is -2.47. The van der Waals surface area contributed by atoms with Crippen LogP contribution < -0.4 is 0 Å². The molecule has 6 heteroatoms. The Balaban J connectivity index is 1.50. The molecule has 128 valence electrons. The number of piperidine rings is 1. The molecule has 2 aliphatic rings. The van der Waals surface area contributed by atoms with Crippen molar-refractivity contribution in [2.45, 2.75) is 37.5 Å². The van der Waals surface area contributed by atoms with Crippen LogP contribution in [0.25, 0.3) is 0 Å². The smallest absolute Gasteiger partial charge is 0.248 e. The van der Waals surface area contributed by atoms with Crippen LogP contribution in [0.2, 0.25) is 0 Å². The van der Waals surface area contributed by atoms with Gasteiger partial charge in [-0.25, -0.2) is 0 Å². The highest BCUT2D eigenvalue weighted by molar-refractivity contribution is 7.07. The van der Waals surface area contributed by atoms with E-state index < -0.39 is 0 Å². The molecule has 5 nitrogen and oxygen atoms in total. The summed E-state index contributed by atoms with van der Waals surface area (Å²) in [6, 6.07) is 2.19. The van der Waals surface area contributed by atoms with Crippen LogP contribution in [0.15, 0.2) is 16.8 Å². The molecule has 3 rings (SSSR count). The maximum absolute atomic E-state index is 11.6. The second-order valence-electron chi connectivity index (χ2n) is 6.87. The van der Waals surface area contributed by atoms with Gasteiger partial charge in [0, 0.05) is 33.6 Å². The van der Waals surface area contributed by atoms with Crippen molar-refractivity contribution in [3.05, 3.63) is 22.4 Å². The molecule has 0 saturated carbocycles. The molecular weight excluding hydrogens is 312 g/mol. The van der Waals surface area contributed by atoms with Gasteiger partial charge in [0.25, 0.3) is 0 Å². The summed E-state index contributed by atoms with van der Waals surface area (Å²) >= 11 is 1.75. The van der Waals surface area contributed by atoms with E-state index in [4.69, 9.17) is 9.47 Å². The number of rotatable bonds is 5. The Morgan fingerprint density at radius 2 is 2.43 bits per heavy atom. The summed E-state index contributed by atoms with van der Waals surface area (Å²) in [5.74, 6) is 0.00804. The maximum Gasteiger partial charge on any atom is 0.248 e. The van der Waals surface area contributed by atoms with E-state index in [2.05, 4.69) is 21.7 Å². The van der Waals surface area contributed by atoms with Crippen LogP contribution in [0.1, 0.15) is 24.8 Å². The summed E-state index contributed by atoms with van der Waals surface area (Å²) in [5.41, 5.74) is 1.30. The monoisotopic (exact) mass is 338 g/mol. The van der Waals surface area contributed by atoms with Gasteiger partial charge in [-0.05, 0) is 41.8 Å². The largest absolute Gasteiger partial charge is 0.371 e. The summed E-state index contributed by atoms with van der Waals surface area (Å²) in [7, 11) is 3.50. The van der Waals surface area contributed by atoms with Crippen molar-refractivity contribution in [3.63, 3.8) is 0 Å². The summed E-state index contributed by atoms with van der Waals surface area (Å²) < 4.78 is 11.9. The van der Waals surface area contributed by atoms with E-state index in [-0.39, 0.29) is 24.2 Å². The summed E-state index contributed by atoms with van der Waals surface area (Å²) in [6.07, 6.45) is 3.19. The van der Waals surface area contributed by atoms with E-state index in [9.17, 15) is 4.79 Å². The van der Waals surface area contributed by atoms with Crippen LogP contribution in [0.5, 0.6) is 0 Å². The van der Waals surface area contributed by atoms with Gasteiger partial charge in [0.1, 0.15) is 6.61 Å². The highest BCUT2D eigenvalue weighted by atomic mass is 32.1. The average Bonchev–Trinajstić information content (AvgIpc) is 3.15. The van der Waals surface area contributed by atoms with Crippen LogP contribution in [0, 0.1) is 0 Å². The maximum atomic E-state index is 11.6. The molecular formula is C17H26N2O3S. The van der Waals surface area contributed by atoms with Crippen molar-refractivity contribution in [3.8, 4) is 0 Å². The van der Waals surface area contributed by atoms with Crippen molar-refractivity contribution in [1.82, 2.24) is 9.80 Å². The molecule has 2 aliphatic heterocycles. The number of hydrogen-bond acceptors (Lipinski definition) is 5. The molecule has 0 aromatic carbocycles. The molecule has 0 N–H and O–H groups in total. The zero-order valence-corrected chi connectivity index (χ0v) is 14.8. The van der Waals surface area contributed by atoms with Gasteiger partial charge in [-0.15, -0.1) is 0 Å². The highest BCUT2D eigenvalue weighted by Crippen LogP contribution is 2.36. The molecule has 0 radical (unpaired) electrons. The van der Waals surface area contributed by atoms with Gasteiger partial charge < -0.3 is 14.4 Å². The van der Waals surface area contributed by atoms with Crippen molar-refractivity contribution in [1.29, 1.82) is 0 Å². The summed E-state index contributed by atoms with van der Waals surface area (Å²) in [4.78, 5) is 15.7. The van der Waals surface area contributed by atoms with Gasteiger partial charge >= 0.3 is 0 Å². The number of carbonyl (C=O) groups is 1. The molecule has 3 heterocycles. The molecule has 23 heavy (non-hydrogen) atoms. The number of likely N-dealkylation sites (N-methyl/N-ethyl adjacent to an activating group) is 1. The van der Waals surface area contributed by atoms with Gasteiger partial charge in [0.15, 0.2) is 0 Å². The standard InChI is InChI=1S/C17H26N2O3S/c1-18(2)16(20)11-21-15-8-17(22-10-15)5-3-6-19(13-17)9-14-4-7-23-12-14/h4,7,12,15H,3,5-6,8-11,13H2,1-2H3/t15-,17-/m0/s1. The minimum atomic E-state index is -0.0832. The van der Waals surface area contributed by atoms with Gasteiger partial charge in [-0.2, -0.15) is 11.3 Å². The van der Waals surface area contributed by atoms with E-state index in [0.29, 0.717) is 6.61 Å². The fraction of sp³-hybridized carbons (Fsp3) is 0.706. The van der Waals surface area contributed by atoms with E-state index in [0.717, 1.165) is 38.9 Å². The molecule has 1 aromatic heterocycles. The minimum absolute atomic E-state index is 0.00804. The first-order valence-corrected chi connectivity index (χ1v) is 9.20. The second kappa shape index (κ2) is 7.30. The number of thiophene rings is 1. The lowest BCUT2D eigenvalue weighted by Gasteiger charge is -2.39. The molecule has 2 saturated heterocycles. The van der Waals surface area contributed by atoms with Crippen molar-refractivity contribution >= 4 is 17.2 Å². The Labute approximate surface area is 142 Å². The topological polar surface area (TPSA) is 42.0 Å². The second-order valence-corrected chi connectivity index (χ2v) is 7.65. The Morgan fingerprint density at radius 3 is 3.17 bits per heavy atom. The number of amides is 1. The SMILES string of the molecule is CN(C)C(=O)CO[C@@H]1CO[C@@]2(CCCN(Cc3ccsc3)C2)C1. The molecule has 2 atom stereocenters. The highest BCUT2D eigenvalue weighted by Gasteiger charge is 2.44. The molecule has 0 aliphatic carbocycles. The minimum Gasteiger partial charge on any atom is -0.371 e. The Kier molecular flexibility index (Phi) is 5.36. The molecule has 0 bridgehead atoms. The van der Waals surface area contributed by atoms with Crippen LogP contribution in [0.4, 0.5) is 0 Å². The number of nitrogens with zero attached hydrogens (tertiary/aromatic N) is 2. The Bertz CT molecular complexity index is 520. The fourth-order valence-electron chi connectivity index (χ4n) is 3.48. The number of hydrogen-bond donors (Lipinski definition) is 0. The molecule has 2 fully saturated rings. The quantitative estimate of drug-likeness (QED) is 0.823. The van der Waals surface area contributed by atoms with Crippen LogP contribution >= 0.6 is 11.3 Å². The lowest BCUT2D eigenvalue weighted by atomic mass is 9.89. The van der Waals surface area contributed by atoms with E-state index in [1.54, 1.807) is 30.3 Å². The lowest BCUT2D eigenvalue weighted by molar-refractivity contribution is -0.135. The van der Waals surface area contributed by atoms with Gasteiger partial charge in [0.05, 0.1) is 18.3 Å². The summed E-state index contributed by atoms with van der Waals surface area (Å²) in [6.45, 7) is 3.85. The Hall–Kier alpha value is -0.950. The number of likely N-dealkylation sites (tertiary alicyclic amines) is 1. The number of carbonyl (C=O) groups excluding carboxylic acids is 1. The van der Waals surface area contributed by atoms with E-state index in [1.807, 2.05) is 0 Å². The van der Waals surface area contributed by atoms with Crippen molar-refractivity contribution in [2.24, 2.45) is 0 Å².